The fraction of sp³-hybridized carbons (Fsp3) is 0.619. The van der Waals surface area contributed by atoms with Gasteiger partial charge in [0.25, 0.3) is 5.91 Å². The van der Waals surface area contributed by atoms with Gasteiger partial charge in [-0.15, -0.1) is 0 Å². The van der Waals surface area contributed by atoms with Gasteiger partial charge in [-0.3, -0.25) is 14.3 Å². The molecule has 0 spiro atoms. The van der Waals surface area contributed by atoms with Gasteiger partial charge in [0, 0.05) is 38.3 Å². The predicted octanol–water partition coefficient (Wildman–Crippen LogP) is 2.40. The molecule has 0 aromatic heterocycles. The van der Waals surface area contributed by atoms with Gasteiger partial charge in [-0.25, -0.2) is 8.42 Å². The highest BCUT2D eigenvalue weighted by atomic mass is 32.2. The largest absolute Gasteiger partial charge is 0.349 e. The number of carbonyl (C=O) groups is 2. The van der Waals surface area contributed by atoms with Crippen LogP contribution in [0.4, 0.5) is 11.4 Å². The molecule has 1 saturated heterocycles. The molecule has 3 rings (SSSR count). The number of anilines is 2. The zero-order valence-electron chi connectivity index (χ0n) is 17.7. The Hall–Kier alpha value is -2.13. The summed E-state index contributed by atoms with van der Waals surface area (Å²) in [6.45, 7) is 4.45. The number of rotatable bonds is 7. The summed E-state index contributed by atoms with van der Waals surface area (Å²) in [7, 11) is -3.55. The summed E-state index contributed by atoms with van der Waals surface area (Å²) in [5, 5.41) is 5.67. The summed E-state index contributed by atoms with van der Waals surface area (Å²) in [4.78, 5) is 26.8. The Kier molecular flexibility index (Phi) is 7.36. The van der Waals surface area contributed by atoms with E-state index >= 15 is 0 Å². The number of nitrogens with one attached hydrogen (secondary N) is 3. The zero-order valence-corrected chi connectivity index (χ0v) is 18.6. The number of sulfonamides is 1. The Labute approximate surface area is 178 Å². The maximum atomic E-state index is 12.9. The Morgan fingerprint density at radius 2 is 1.77 bits per heavy atom. The Bertz CT molecular complexity index is 873. The summed E-state index contributed by atoms with van der Waals surface area (Å²) < 4.78 is 25.8. The van der Waals surface area contributed by atoms with E-state index in [0.29, 0.717) is 5.69 Å². The number of likely N-dealkylation sites (tertiary alicyclic amines) is 1. The minimum absolute atomic E-state index is 0.0489. The predicted molar refractivity (Wildman–Crippen MR) is 118 cm³/mol. The zero-order chi connectivity index (χ0) is 21.7. The third kappa shape index (κ3) is 6.70. The average Bonchev–Trinajstić information content (AvgIpc) is 3.16. The van der Waals surface area contributed by atoms with Crippen molar-refractivity contribution in [1.82, 2.24) is 10.2 Å². The molecule has 2 amide bonds. The molecule has 1 aliphatic carbocycles. The second kappa shape index (κ2) is 9.78. The maximum Gasteiger partial charge on any atom is 0.253 e. The molecule has 1 heterocycles. The molecule has 2 fully saturated rings. The number of amides is 2. The quantitative estimate of drug-likeness (QED) is 0.608. The van der Waals surface area contributed by atoms with Crippen LogP contribution in [0.15, 0.2) is 18.2 Å². The highest BCUT2D eigenvalue weighted by Gasteiger charge is 2.25. The molecule has 9 heteroatoms. The van der Waals surface area contributed by atoms with Crippen molar-refractivity contribution in [3.05, 3.63) is 23.8 Å². The first kappa shape index (κ1) is 22.6. The van der Waals surface area contributed by atoms with Crippen molar-refractivity contribution in [2.75, 3.05) is 35.9 Å². The smallest absolute Gasteiger partial charge is 0.253 e. The molecule has 1 saturated carbocycles. The fourth-order valence-corrected chi connectivity index (χ4v) is 4.96. The van der Waals surface area contributed by atoms with E-state index in [-0.39, 0.29) is 29.1 Å². The molecule has 0 unspecified atom stereocenters. The molecule has 0 radical (unpaired) electrons. The SMILES string of the molecule is CC(=O)Nc1ccc(NS(C)(=O)=O)c(C(=O)NC2CCN(CC3CCCC3)CC2)c1. The molecule has 0 atom stereocenters. The van der Waals surface area contributed by atoms with Crippen LogP contribution >= 0.6 is 0 Å². The highest BCUT2D eigenvalue weighted by molar-refractivity contribution is 7.92. The number of nitrogens with zero attached hydrogens (tertiary/aromatic N) is 1. The van der Waals surface area contributed by atoms with Gasteiger partial charge in [-0.05, 0) is 49.8 Å². The van der Waals surface area contributed by atoms with Crippen molar-refractivity contribution in [1.29, 1.82) is 0 Å². The van der Waals surface area contributed by atoms with E-state index in [0.717, 1.165) is 44.6 Å². The third-order valence-electron chi connectivity index (χ3n) is 5.79. The van der Waals surface area contributed by atoms with Crippen LogP contribution < -0.4 is 15.4 Å². The summed E-state index contributed by atoms with van der Waals surface area (Å²) in [6, 6.07) is 4.60. The Morgan fingerprint density at radius 3 is 2.37 bits per heavy atom. The number of piperidine rings is 1. The van der Waals surface area contributed by atoms with Crippen LogP contribution in [0.1, 0.15) is 55.8 Å². The average molecular weight is 437 g/mol. The van der Waals surface area contributed by atoms with Crippen LogP contribution in [-0.2, 0) is 14.8 Å². The van der Waals surface area contributed by atoms with Crippen LogP contribution in [0.2, 0.25) is 0 Å². The van der Waals surface area contributed by atoms with Gasteiger partial charge in [0.1, 0.15) is 0 Å². The van der Waals surface area contributed by atoms with E-state index < -0.39 is 10.0 Å². The van der Waals surface area contributed by atoms with E-state index in [4.69, 9.17) is 0 Å². The fourth-order valence-electron chi connectivity index (χ4n) is 4.38. The van der Waals surface area contributed by atoms with Crippen molar-refractivity contribution in [3.63, 3.8) is 0 Å². The normalized spacial score (nSPS) is 18.9. The lowest BCUT2D eigenvalue weighted by Gasteiger charge is -2.34. The van der Waals surface area contributed by atoms with Gasteiger partial charge >= 0.3 is 0 Å². The molecule has 166 valence electrons. The van der Waals surface area contributed by atoms with Crippen molar-refractivity contribution >= 4 is 33.2 Å². The molecular formula is C21H32N4O4S. The summed E-state index contributed by atoms with van der Waals surface area (Å²) in [5.41, 5.74) is 0.834. The first-order valence-electron chi connectivity index (χ1n) is 10.6. The van der Waals surface area contributed by atoms with Gasteiger partial charge < -0.3 is 15.5 Å². The highest BCUT2D eigenvalue weighted by Crippen LogP contribution is 2.27. The molecule has 30 heavy (non-hydrogen) atoms. The monoisotopic (exact) mass is 436 g/mol. The van der Waals surface area contributed by atoms with Gasteiger partial charge in [0.05, 0.1) is 17.5 Å². The van der Waals surface area contributed by atoms with Crippen LogP contribution in [-0.4, -0.2) is 57.1 Å². The second-order valence-electron chi connectivity index (χ2n) is 8.51. The molecule has 8 nitrogen and oxygen atoms in total. The molecule has 3 N–H and O–H groups in total. The molecule has 0 bridgehead atoms. The van der Waals surface area contributed by atoms with E-state index in [2.05, 4.69) is 20.3 Å². The maximum absolute atomic E-state index is 12.9. The molecule has 2 aliphatic rings. The van der Waals surface area contributed by atoms with Crippen LogP contribution in [0.3, 0.4) is 0 Å². The second-order valence-corrected chi connectivity index (χ2v) is 10.3. The third-order valence-corrected chi connectivity index (χ3v) is 6.38. The molecular weight excluding hydrogens is 404 g/mol. The van der Waals surface area contributed by atoms with Crippen LogP contribution in [0.25, 0.3) is 0 Å². The Balaban J connectivity index is 1.63. The standard InChI is InChI=1S/C21H32N4O4S/c1-15(26)22-18-7-8-20(24-30(2,28)29)19(13-18)21(27)23-17-9-11-25(12-10-17)14-16-5-3-4-6-16/h7-8,13,16-17,24H,3-6,9-12,14H2,1-2H3,(H,22,26)(H,23,27). The lowest BCUT2D eigenvalue weighted by atomic mass is 10.0. The Morgan fingerprint density at radius 1 is 1.10 bits per heavy atom. The van der Waals surface area contributed by atoms with Crippen molar-refractivity contribution in [2.24, 2.45) is 5.92 Å². The minimum atomic E-state index is -3.55. The van der Waals surface area contributed by atoms with Crippen LogP contribution in [0, 0.1) is 5.92 Å². The number of benzene rings is 1. The van der Waals surface area contributed by atoms with E-state index in [1.807, 2.05) is 0 Å². The number of carbonyl (C=O) groups excluding carboxylic acids is 2. The minimum Gasteiger partial charge on any atom is -0.349 e. The summed E-state index contributed by atoms with van der Waals surface area (Å²) >= 11 is 0. The van der Waals surface area contributed by atoms with Gasteiger partial charge in [0.15, 0.2) is 0 Å². The van der Waals surface area contributed by atoms with Crippen molar-refractivity contribution in [3.8, 4) is 0 Å². The van der Waals surface area contributed by atoms with E-state index in [1.54, 1.807) is 6.07 Å². The molecule has 1 aliphatic heterocycles. The first-order valence-corrected chi connectivity index (χ1v) is 12.5. The number of hydrogen-bond acceptors (Lipinski definition) is 5. The van der Waals surface area contributed by atoms with Crippen molar-refractivity contribution in [2.45, 2.75) is 51.5 Å². The van der Waals surface area contributed by atoms with Gasteiger partial charge in [-0.2, -0.15) is 0 Å². The topological polar surface area (TPSA) is 108 Å². The molecule has 1 aromatic carbocycles. The lowest BCUT2D eigenvalue weighted by Crippen LogP contribution is -2.45. The van der Waals surface area contributed by atoms with E-state index in [9.17, 15) is 18.0 Å². The van der Waals surface area contributed by atoms with Crippen LogP contribution in [0.5, 0.6) is 0 Å². The summed E-state index contributed by atoms with van der Waals surface area (Å²) in [5.74, 6) is 0.208. The van der Waals surface area contributed by atoms with Gasteiger partial charge in [0.2, 0.25) is 15.9 Å². The van der Waals surface area contributed by atoms with Gasteiger partial charge in [-0.1, -0.05) is 12.8 Å². The first-order chi connectivity index (χ1) is 14.2. The molecule has 1 aromatic rings. The van der Waals surface area contributed by atoms with Crippen molar-refractivity contribution < 1.29 is 18.0 Å². The lowest BCUT2D eigenvalue weighted by molar-refractivity contribution is -0.114. The summed E-state index contributed by atoms with van der Waals surface area (Å²) in [6.07, 6.45) is 8.14. The number of hydrogen-bond donors (Lipinski definition) is 3. The van der Waals surface area contributed by atoms with E-state index in [1.165, 1.54) is 44.7 Å².